The van der Waals surface area contributed by atoms with E-state index in [1.807, 2.05) is 22.6 Å². The summed E-state index contributed by atoms with van der Waals surface area (Å²) in [6.07, 6.45) is -0.833. The maximum Gasteiger partial charge on any atom is 0.410 e. The minimum Gasteiger partial charge on any atom is -0.444 e. The van der Waals surface area contributed by atoms with Crippen LogP contribution in [0.15, 0.2) is 0 Å². The van der Waals surface area contributed by atoms with Crippen LogP contribution in [0, 0.1) is 0 Å². The smallest absolute Gasteiger partial charge is 0.410 e. The normalized spacial score (nSPS) is 25.4. The van der Waals surface area contributed by atoms with Gasteiger partial charge in [-0.25, -0.2) is 13.6 Å². The topological polar surface area (TPSA) is 29.5 Å². The summed E-state index contributed by atoms with van der Waals surface area (Å²) < 4.78 is 31.3. The van der Waals surface area contributed by atoms with E-state index in [2.05, 4.69) is 0 Å². The van der Waals surface area contributed by atoms with Crippen LogP contribution in [-0.4, -0.2) is 39.5 Å². The highest BCUT2D eigenvalue weighted by molar-refractivity contribution is 14.1. The van der Waals surface area contributed by atoms with Gasteiger partial charge in [0.25, 0.3) is 5.92 Å². The van der Waals surface area contributed by atoms with Gasteiger partial charge in [-0.2, -0.15) is 0 Å². The van der Waals surface area contributed by atoms with Gasteiger partial charge in [-0.3, -0.25) is 0 Å². The van der Waals surface area contributed by atoms with Gasteiger partial charge in [-0.1, -0.05) is 22.6 Å². The number of rotatable bonds is 0. The Hall–Kier alpha value is -0.140. The van der Waals surface area contributed by atoms with E-state index in [0.29, 0.717) is 6.54 Å². The van der Waals surface area contributed by atoms with E-state index in [1.54, 1.807) is 20.8 Å². The van der Waals surface area contributed by atoms with Crippen molar-refractivity contribution in [1.82, 2.24) is 4.90 Å². The fourth-order valence-corrected chi connectivity index (χ4v) is 2.62. The number of amides is 1. The van der Waals surface area contributed by atoms with E-state index in [1.165, 1.54) is 0 Å². The number of alkyl halides is 3. The van der Waals surface area contributed by atoms with Crippen LogP contribution in [0.2, 0.25) is 0 Å². The third-order valence-electron chi connectivity index (χ3n) is 2.01. The van der Waals surface area contributed by atoms with Crippen molar-refractivity contribution in [3.05, 3.63) is 0 Å². The fourth-order valence-electron chi connectivity index (χ4n) is 1.50. The second-order valence-corrected chi connectivity index (χ2v) is 6.78. The third-order valence-corrected chi connectivity index (χ3v) is 2.85. The Morgan fingerprint density at radius 1 is 1.50 bits per heavy atom. The number of ether oxygens (including phenoxy) is 1. The predicted molar refractivity (Wildman–Crippen MR) is 65.2 cm³/mol. The molecule has 1 fully saturated rings. The van der Waals surface area contributed by atoms with Crippen molar-refractivity contribution in [2.24, 2.45) is 0 Å². The second-order valence-electron chi connectivity index (χ2n) is 5.02. The van der Waals surface area contributed by atoms with Crippen molar-refractivity contribution in [2.45, 2.75) is 42.6 Å². The SMILES string of the molecule is CC(C)(C)OC(=O)N1CC(I)CC(F)(F)C1. The summed E-state index contributed by atoms with van der Waals surface area (Å²) >= 11 is 1.94. The van der Waals surface area contributed by atoms with Crippen LogP contribution in [0.1, 0.15) is 27.2 Å². The molecule has 0 bridgehead atoms. The predicted octanol–water partition coefficient (Wildman–Crippen LogP) is 3.07. The van der Waals surface area contributed by atoms with E-state index in [4.69, 9.17) is 4.74 Å². The van der Waals surface area contributed by atoms with Crippen LogP contribution in [0.5, 0.6) is 0 Å². The second kappa shape index (κ2) is 4.62. The number of hydrogen-bond acceptors (Lipinski definition) is 2. The zero-order valence-electron chi connectivity index (χ0n) is 9.60. The summed E-state index contributed by atoms with van der Waals surface area (Å²) in [6.45, 7) is 4.93. The van der Waals surface area contributed by atoms with Gasteiger partial charge in [0.15, 0.2) is 0 Å². The number of halogens is 3. The van der Waals surface area contributed by atoms with Crippen molar-refractivity contribution < 1.29 is 18.3 Å². The molecule has 0 radical (unpaired) electrons. The molecular formula is C10H16F2INO2. The molecule has 0 aromatic carbocycles. The third kappa shape index (κ3) is 4.39. The number of carbonyl (C=O) groups excluding carboxylic acids is 1. The summed E-state index contributed by atoms with van der Waals surface area (Å²) in [7, 11) is 0. The van der Waals surface area contributed by atoms with E-state index in [0.717, 1.165) is 4.90 Å². The first-order chi connectivity index (χ1) is 7.09. The largest absolute Gasteiger partial charge is 0.444 e. The van der Waals surface area contributed by atoms with E-state index >= 15 is 0 Å². The van der Waals surface area contributed by atoms with E-state index in [-0.39, 0.29) is 10.3 Å². The zero-order valence-corrected chi connectivity index (χ0v) is 11.8. The Bertz CT molecular complexity index is 278. The Labute approximate surface area is 108 Å². The van der Waals surface area contributed by atoms with Gasteiger partial charge in [0, 0.05) is 16.9 Å². The van der Waals surface area contributed by atoms with Crippen LogP contribution < -0.4 is 0 Å². The van der Waals surface area contributed by atoms with Crippen LogP contribution in [0.3, 0.4) is 0 Å². The molecule has 16 heavy (non-hydrogen) atoms. The lowest BCUT2D eigenvalue weighted by Gasteiger charge is -2.36. The highest BCUT2D eigenvalue weighted by Gasteiger charge is 2.42. The first-order valence-electron chi connectivity index (χ1n) is 5.09. The highest BCUT2D eigenvalue weighted by Crippen LogP contribution is 2.31. The maximum absolute atomic E-state index is 13.2. The highest BCUT2D eigenvalue weighted by atomic mass is 127. The molecule has 1 unspecified atom stereocenters. The molecule has 94 valence electrons. The molecule has 0 spiro atoms. The fraction of sp³-hybridized carbons (Fsp3) is 0.900. The number of carbonyl (C=O) groups is 1. The summed E-state index contributed by atoms with van der Waals surface area (Å²) in [4.78, 5) is 12.7. The van der Waals surface area contributed by atoms with Crippen LogP contribution in [0.4, 0.5) is 13.6 Å². The molecule has 1 amide bonds. The standard InChI is InChI=1S/C10H16F2INO2/c1-9(2,3)16-8(15)14-5-7(13)4-10(11,12)6-14/h7H,4-6H2,1-3H3. The van der Waals surface area contributed by atoms with Gasteiger partial charge in [0.05, 0.1) is 6.54 Å². The van der Waals surface area contributed by atoms with Crippen molar-refractivity contribution in [1.29, 1.82) is 0 Å². The molecule has 6 heteroatoms. The molecule has 0 aliphatic carbocycles. The van der Waals surface area contributed by atoms with Crippen molar-refractivity contribution >= 4 is 28.7 Å². The van der Waals surface area contributed by atoms with Gasteiger partial charge >= 0.3 is 6.09 Å². The molecule has 0 saturated carbocycles. The Morgan fingerprint density at radius 3 is 2.50 bits per heavy atom. The maximum atomic E-state index is 13.2. The van der Waals surface area contributed by atoms with Crippen LogP contribution in [0.25, 0.3) is 0 Å². The lowest BCUT2D eigenvalue weighted by atomic mass is 10.1. The number of hydrogen-bond donors (Lipinski definition) is 0. The summed E-state index contributed by atoms with van der Waals surface area (Å²) in [5.41, 5.74) is -0.648. The van der Waals surface area contributed by atoms with Crippen LogP contribution in [-0.2, 0) is 4.74 Å². The summed E-state index contributed by atoms with van der Waals surface area (Å²) in [5.74, 6) is -2.80. The molecule has 1 aliphatic heterocycles. The van der Waals surface area contributed by atoms with Crippen molar-refractivity contribution in [3.8, 4) is 0 Å². The number of likely N-dealkylation sites (tertiary alicyclic amines) is 1. The average molecular weight is 347 g/mol. The zero-order chi connectivity index (χ0) is 12.6. The van der Waals surface area contributed by atoms with Crippen molar-refractivity contribution in [2.75, 3.05) is 13.1 Å². The van der Waals surface area contributed by atoms with Gasteiger partial charge < -0.3 is 9.64 Å². The molecule has 0 N–H and O–H groups in total. The lowest BCUT2D eigenvalue weighted by Crippen LogP contribution is -2.51. The number of nitrogens with zero attached hydrogens (tertiary/aromatic N) is 1. The molecule has 1 rings (SSSR count). The molecule has 0 aromatic rings. The van der Waals surface area contributed by atoms with Gasteiger partial charge in [0.1, 0.15) is 5.60 Å². The average Bonchev–Trinajstić information content (AvgIpc) is 1.96. The molecule has 3 nitrogen and oxygen atoms in total. The lowest BCUT2D eigenvalue weighted by molar-refractivity contribution is -0.0651. The van der Waals surface area contributed by atoms with Gasteiger partial charge in [-0.05, 0) is 20.8 Å². The summed E-state index contributed by atoms with van der Waals surface area (Å²) in [5, 5.41) is 0. The first-order valence-corrected chi connectivity index (χ1v) is 6.33. The molecule has 1 heterocycles. The van der Waals surface area contributed by atoms with Crippen LogP contribution >= 0.6 is 22.6 Å². The van der Waals surface area contributed by atoms with E-state index < -0.39 is 24.2 Å². The molecule has 1 saturated heterocycles. The quantitative estimate of drug-likeness (QED) is 0.498. The Kier molecular flexibility index (Phi) is 4.02. The summed E-state index contributed by atoms with van der Waals surface area (Å²) in [6, 6.07) is 0. The molecule has 1 aliphatic rings. The minimum atomic E-state index is -2.80. The van der Waals surface area contributed by atoms with Gasteiger partial charge in [-0.15, -0.1) is 0 Å². The minimum absolute atomic E-state index is 0.174. The van der Waals surface area contributed by atoms with E-state index in [9.17, 15) is 13.6 Å². The molecule has 0 aromatic heterocycles. The van der Waals surface area contributed by atoms with Crippen molar-refractivity contribution in [3.63, 3.8) is 0 Å². The first kappa shape index (κ1) is 13.9. The Balaban J connectivity index is 2.63. The van der Waals surface area contributed by atoms with Gasteiger partial charge in [0.2, 0.25) is 0 Å². The Morgan fingerprint density at radius 2 is 2.06 bits per heavy atom. The number of piperidine rings is 1. The monoisotopic (exact) mass is 347 g/mol. The molecular weight excluding hydrogens is 331 g/mol. The molecule has 1 atom stereocenters.